The molecule has 2 aliphatic rings. The van der Waals surface area contributed by atoms with Gasteiger partial charge in [0.25, 0.3) is 11.8 Å². The SMILES string of the molecule is C=CC(=O)Nc1ccccc1Nc1ccc2c(c1)C1(CC1)C(=O)C(c1c(F)c(OC)nc(OC)c1F)C2O. The highest BCUT2D eigenvalue weighted by atomic mass is 19.1. The number of anilines is 3. The van der Waals surface area contributed by atoms with E-state index in [1.54, 1.807) is 42.5 Å². The van der Waals surface area contributed by atoms with Crippen LogP contribution in [-0.2, 0) is 15.0 Å². The van der Waals surface area contributed by atoms with Crippen LogP contribution in [0.25, 0.3) is 0 Å². The minimum Gasteiger partial charge on any atom is -0.479 e. The van der Waals surface area contributed by atoms with Crippen molar-refractivity contribution in [3.8, 4) is 11.8 Å². The second-order valence-electron chi connectivity index (χ2n) is 9.21. The zero-order valence-electron chi connectivity index (χ0n) is 20.7. The number of carbonyl (C=O) groups excluding carboxylic acids is 2. The fourth-order valence-electron chi connectivity index (χ4n) is 5.09. The molecular weight excluding hydrogens is 496 g/mol. The summed E-state index contributed by atoms with van der Waals surface area (Å²) in [5, 5.41) is 17.3. The Bertz CT molecular complexity index is 1440. The smallest absolute Gasteiger partial charge is 0.253 e. The van der Waals surface area contributed by atoms with Gasteiger partial charge in [-0.2, -0.15) is 4.98 Å². The van der Waals surface area contributed by atoms with E-state index in [4.69, 9.17) is 9.47 Å². The lowest BCUT2D eigenvalue weighted by Gasteiger charge is -2.35. The molecule has 5 rings (SSSR count). The van der Waals surface area contributed by atoms with Gasteiger partial charge in [0.05, 0.1) is 43.0 Å². The first-order valence-electron chi connectivity index (χ1n) is 11.9. The van der Waals surface area contributed by atoms with Crippen LogP contribution in [0.3, 0.4) is 0 Å². The van der Waals surface area contributed by atoms with Crippen molar-refractivity contribution in [2.75, 3.05) is 24.9 Å². The number of nitrogens with one attached hydrogen (secondary N) is 2. The molecule has 1 fully saturated rings. The number of Topliss-reactive ketones (excluding diaryl/α,β-unsaturated/α-hetero) is 1. The number of rotatable bonds is 7. The molecule has 0 aliphatic heterocycles. The largest absolute Gasteiger partial charge is 0.479 e. The predicted molar refractivity (Wildman–Crippen MR) is 136 cm³/mol. The third-order valence-corrected chi connectivity index (χ3v) is 7.11. The quantitative estimate of drug-likeness (QED) is 0.388. The number of hydrogen-bond acceptors (Lipinski definition) is 7. The van der Waals surface area contributed by atoms with E-state index in [0.29, 0.717) is 41.0 Å². The normalized spacial score (nSPS) is 18.9. The predicted octanol–water partition coefficient (Wildman–Crippen LogP) is 4.68. The molecule has 0 bridgehead atoms. The van der Waals surface area contributed by atoms with Crippen LogP contribution < -0.4 is 20.1 Å². The summed E-state index contributed by atoms with van der Waals surface area (Å²) in [6.07, 6.45) is 0.591. The van der Waals surface area contributed by atoms with Crippen molar-refractivity contribution in [3.05, 3.63) is 83.4 Å². The first-order chi connectivity index (χ1) is 18.2. The number of ketones is 1. The maximum Gasteiger partial charge on any atom is 0.253 e. The lowest BCUT2D eigenvalue weighted by molar-refractivity contribution is -0.127. The lowest BCUT2D eigenvalue weighted by Crippen LogP contribution is -2.38. The van der Waals surface area contributed by atoms with E-state index in [9.17, 15) is 14.7 Å². The summed E-state index contributed by atoms with van der Waals surface area (Å²) in [4.78, 5) is 29.3. The minimum atomic E-state index is -1.52. The van der Waals surface area contributed by atoms with Crippen LogP contribution in [0.5, 0.6) is 11.8 Å². The maximum atomic E-state index is 15.3. The third kappa shape index (κ3) is 3.97. The monoisotopic (exact) mass is 521 g/mol. The number of para-hydroxylation sites is 2. The zero-order valence-corrected chi connectivity index (χ0v) is 20.7. The van der Waals surface area contributed by atoms with Gasteiger partial charge in [0.2, 0.25) is 5.91 Å². The molecule has 0 saturated heterocycles. The topological polar surface area (TPSA) is 110 Å². The van der Waals surface area contributed by atoms with E-state index >= 15 is 8.78 Å². The number of nitrogens with zero attached hydrogens (tertiary/aromatic N) is 1. The van der Waals surface area contributed by atoms with Gasteiger partial charge in [0.1, 0.15) is 0 Å². The molecule has 10 heteroatoms. The fourth-order valence-corrected chi connectivity index (χ4v) is 5.09. The second-order valence-corrected chi connectivity index (χ2v) is 9.21. The van der Waals surface area contributed by atoms with E-state index in [1.807, 2.05) is 0 Å². The first-order valence-corrected chi connectivity index (χ1v) is 11.9. The van der Waals surface area contributed by atoms with Gasteiger partial charge >= 0.3 is 0 Å². The summed E-state index contributed by atoms with van der Waals surface area (Å²) >= 11 is 0. The highest BCUT2D eigenvalue weighted by molar-refractivity contribution is 6.02. The zero-order chi connectivity index (χ0) is 27.2. The molecule has 8 nitrogen and oxygen atoms in total. The average Bonchev–Trinajstić information content (AvgIpc) is 3.73. The standard InChI is InChI=1S/C28H25F2N3O5/c1-4-19(34)32-18-8-6-5-7-17(18)31-14-9-10-15-16(13-14)28(11-12-28)25(36)21(24(15)35)20-22(29)26(37-2)33-27(38-3)23(20)30/h4-10,13,21,24,31,35H,1,11-12H2,2-3H3,(H,32,34). The highest BCUT2D eigenvalue weighted by Gasteiger charge is 2.60. The number of ether oxygens (including phenoxy) is 2. The van der Waals surface area contributed by atoms with Crippen molar-refractivity contribution in [3.63, 3.8) is 0 Å². The highest BCUT2D eigenvalue weighted by Crippen LogP contribution is 2.60. The molecule has 1 spiro atoms. The summed E-state index contributed by atoms with van der Waals surface area (Å²) in [5.74, 6) is -5.74. The number of hydrogen-bond donors (Lipinski definition) is 3. The Hall–Kier alpha value is -4.31. The molecule has 2 atom stereocenters. The van der Waals surface area contributed by atoms with Crippen molar-refractivity contribution < 1.29 is 33.0 Å². The third-order valence-electron chi connectivity index (χ3n) is 7.11. The summed E-state index contributed by atoms with van der Waals surface area (Å²) in [5.41, 5.74) is 1.12. The first kappa shape index (κ1) is 25.3. The number of aliphatic hydroxyl groups is 1. The lowest BCUT2D eigenvalue weighted by atomic mass is 9.69. The van der Waals surface area contributed by atoms with Crippen molar-refractivity contribution in [1.82, 2.24) is 4.98 Å². The van der Waals surface area contributed by atoms with Crippen LogP contribution in [0.2, 0.25) is 0 Å². The van der Waals surface area contributed by atoms with Crippen LogP contribution in [0.4, 0.5) is 25.8 Å². The van der Waals surface area contributed by atoms with Crippen molar-refractivity contribution in [1.29, 1.82) is 0 Å². The van der Waals surface area contributed by atoms with E-state index in [0.717, 1.165) is 6.08 Å². The molecule has 3 N–H and O–H groups in total. The number of benzene rings is 2. The molecule has 1 saturated carbocycles. The Morgan fingerprint density at radius 2 is 1.74 bits per heavy atom. The minimum absolute atomic E-state index is 0.370. The number of methoxy groups -OCH3 is 2. The Balaban J connectivity index is 1.56. The Labute approximate surface area is 217 Å². The number of carbonyl (C=O) groups is 2. The molecule has 1 heterocycles. The van der Waals surface area contributed by atoms with Crippen LogP contribution in [0.1, 0.15) is 41.6 Å². The van der Waals surface area contributed by atoms with Gasteiger partial charge in [-0.3, -0.25) is 9.59 Å². The maximum absolute atomic E-state index is 15.3. The molecule has 38 heavy (non-hydrogen) atoms. The Kier molecular flexibility index (Phi) is 6.36. The molecule has 1 aromatic heterocycles. The van der Waals surface area contributed by atoms with Crippen molar-refractivity contribution in [2.45, 2.75) is 30.3 Å². The van der Waals surface area contributed by atoms with Crippen molar-refractivity contribution in [2.24, 2.45) is 0 Å². The number of aliphatic hydroxyl groups excluding tert-OH is 1. The van der Waals surface area contributed by atoms with Crippen LogP contribution >= 0.6 is 0 Å². The van der Waals surface area contributed by atoms with Gasteiger partial charge in [-0.25, -0.2) is 8.78 Å². The van der Waals surface area contributed by atoms with Crippen LogP contribution in [0, 0.1) is 11.6 Å². The number of halogens is 2. The van der Waals surface area contributed by atoms with E-state index in [1.165, 1.54) is 14.2 Å². The molecule has 2 aromatic carbocycles. The Morgan fingerprint density at radius 3 is 2.32 bits per heavy atom. The van der Waals surface area contributed by atoms with Crippen LogP contribution in [0.15, 0.2) is 55.1 Å². The molecule has 2 unspecified atom stereocenters. The summed E-state index contributed by atoms with van der Waals surface area (Å²) in [7, 11) is 2.33. The molecule has 196 valence electrons. The molecular formula is C28H25F2N3O5. The average molecular weight is 522 g/mol. The molecule has 2 aliphatic carbocycles. The Morgan fingerprint density at radius 1 is 1.11 bits per heavy atom. The number of fused-ring (bicyclic) bond motifs is 2. The van der Waals surface area contributed by atoms with E-state index < -0.39 is 52.2 Å². The summed E-state index contributed by atoms with van der Waals surface area (Å²) in [6.45, 7) is 3.46. The van der Waals surface area contributed by atoms with Crippen molar-refractivity contribution >= 4 is 28.8 Å². The summed E-state index contributed by atoms with van der Waals surface area (Å²) in [6, 6.07) is 12.2. The van der Waals surface area contributed by atoms with Crippen LogP contribution in [-0.4, -0.2) is 36.0 Å². The van der Waals surface area contributed by atoms with Gasteiger partial charge in [0.15, 0.2) is 17.4 Å². The number of pyridine rings is 1. The molecule has 3 aromatic rings. The van der Waals surface area contributed by atoms with Gasteiger partial charge < -0.3 is 25.2 Å². The molecule has 0 radical (unpaired) electrons. The van der Waals surface area contributed by atoms with Gasteiger partial charge in [0, 0.05) is 11.3 Å². The number of amides is 1. The number of aromatic nitrogens is 1. The van der Waals surface area contributed by atoms with E-state index in [-0.39, 0.29) is 5.91 Å². The van der Waals surface area contributed by atoms with Gasteiger partial charge in [-0.1, -0.05) is 24.8 Å². The fraction of sp³-hybridized carbons (Fsp3) is 0.250. The summed E-state index contributed by atoms with van der Waals surface area (Å²) < 4.78 is 40.5. The van der Waals surface area contributed by atoms with Gasteiger partial charge in [-0.15, -0.1) is 0 Å². The van der Waals surface area contributed by atoms with Gasteiger partial charge in [-0.05, 0) is 54.3 Å². The second kappa shape index (κ2) is 9.53. The molecule has 1 amide bonds. The van der Waals surface area contributed by atoms with E-state index in [2.05, 4.69) is 22.2 Å².